The molecule has 1 aromatic carbocycles. The summed E-state index contributed by atoms with van der Waals surface area (Å²) in [6, 6.07) is 10.7. The highest BCUT2D eigenvalue weighted by Crippen LogP contribution is 2.24. The van der Waals surface area contributed by atoms with Crippen LogP contribution in [0.4, 0.5) is 0 Å². The molecule has 1 N–H and O–H groups in total. The second kappa shape index (κ2) is 6.91. The summed E-state index contributed by atoms with van der Waals surface area (Å²) in [6.07, 6.45) is 5.48. The van der Waals surface area contributed by atoms with Crippen LogP contribution in [-0.2, 0) is 6.42 Å². The lowest BCUT2D eigenvalue weighted by molar-refractivity contribution is 0.0978. The van der Waals surface area contributed by atoms with E-state index in [0.29, 0.717) is 0 Å². The van der Waals surface area contributed by atoms with Gasteiger partial charge in [0.05, 0.1) is 6.10 Å². The Balaban J connectivity index is 1.67. The lowest BCUT2D eigenvalue weighted by Gasteiger charge is -2.29. The third-order valence-electron chi connectivity index (χ3n) is 4.01. The van der Waals surface area contributed by atoms with Gasteiger partial charge in [0.15, 0.2) is 0 Å². The average Bonchev–Trinajstić information content (AvgIpc) is 2.40. The summed E-state index contributed by atoms with van der Waals surface area (Å²) in [5.74, 6) is 0.786. The molecule has 2 heteroatoms. The summed E-state index contributed by atoms with van der Waals surface area (Å²) in [6.45, 7) is 2.31. The number of nitrogens with zero attached hydrogens (tertiary/aromatic N) is 1. The normalized spacial score (nSPS) is 24.4. The molecule has 1 aliphatic rings. The Morgan fingerprint density at radius 1 is 1.11 bits per heavy atom. The Morgan fingerprint density at radius 3 is 2.44 bits per heavy atom. The van der Waals surface area contributed by atoms with Gasteiger partial charge >= 0.3 is 0 Å². The molecule has 1 aromatic rings. The number of hydrogen-bond acceptors (Lipinski definition) is 2. The standard InChI is InChI=1S/C16H25NO/c1-17(12-11-14-5-3-2-4-6-14)13-15-7-9-16(18)10-8-15/h2-6,15-16,18H,7-13H2,1H3. The van der Waals surface area contributed by atoms with Crippen molar-refractivity contribution in [3.8, 4) is 0 Å². The minimum absolute atomic E-state index is 0.0316. The van der Waals surface area contributed by atoms with Crippen molar-refractivity contribution < 1.29 is 5.11 Å². The molecule has 0 bridgehead atoms. The van der Waals surface area contributed by atoms with E-state index in [-0.39, 0.29) is 6.10 Å². The van der Waals surface area contributed by atoms with Gasteiger partial charge < -0.3 is 10.0 Å². The molecule has 2 rings (SSSR count). The quantitative estimate of drug-likeness (QED) is 0.865. The van der Waals surface area contributed by atoms with Crippen LogP contribution in [0, 0.1) is 5.92 Å². The molecule has 0 unspecified atom stereocenters. The summed E-state index contributed by atoms with van der Waals surface area (Å²) in [5, 5.41) is 9.50. The van der Waals surface area contributed by atoms with Crippen LogP contribution in [0.25, 0.3) is 0 Å². The van der Waals surface area contributed by atoms with Crippen LogP contribution in [0.3, 0.4) is 0 Å². The maximum atomic E-state index is 9.50. The summed E-state index contributed by atoms with van der Waals surface area (Å²) >= 11 is 0. The first-order valence-corrected chi connectivity index (χ1v) is 7.14. The van der Waals surface area contributed by atoms with Crippen molar-refractivity contribution in [3.05, 3.63) is 35.9 Å². The number of benzene rings is 1. The van der Waals surface area contributed by atoms with Gasteiger partial charge in [0.2, 0.25) is 0 Å². The molecule has 0 atom stereocenters. The molecule has 1 aliphatic carbocycles. The maximum Gasteiger partial charge on any atom is 0.0540 e. The van der Waals surface area contributed by atoms with Crippen molar-refractivity contribution in [2.75, 3.05) is 20.1 Å². The van der Waals surface area contributed by atoms with E-state index in [1.54, 1.807) is 0 Å². The second-order valence-electron chi connectivity index (χ2n) is 5.67. The number of likely N-dealkylation sites (N-methyl/N-ethyl adjacent to an activating group) is 1. The smallest absolute Gasteiger partial charge is 0.0540 e. The van der Waals surface area contributed by atoms with E-state index in [1.807, 2.05) is 0 Å². The molecule has 1 fully saturated rings. The van der Waals surface area contributed by atoms with Crippen molar-refractivity contribution in [1.82, 2.24) is 4.90 Å². The van der Waals surface area contributed by atoms with Gasteiger partial charge in [0, 0.05) is 13.1 Å². The minimum Gasteiger partial charge on any atom is -0.393 e. The first kappa shape index (κ1) is 13.6. The Kier molecular flexibility index (Phi) is 5.21. The molecule has 0 aromatic heterocycles. The summed E-state index contributed by atoms with van der Waals surface area (Å²) in [4.78, 5) is 2.44. The largest absolute Gasteiger partial charge is 0.393 e. The Hall–Kier alpha value is -0.860. The first-order valence-electron chi connectivity index (χ1n) is 7.14. The fraction of sp³-hybridized carbons (Fsp3) is 0.625. The van der Waals surface area contributed by atoms with Crippen LogP contribution in [0.2, 0.25) is 0 Å². The van der Waals surface area contributed by atoms with Crippen molar-refractivity contribution in [2.24, 2.45) is 5.92 Å². The van der Waals surface area contributed by atoms with Gasteiger partial charge in [-0.2, -0.15) is 0 Å². The van der Waals surface area contributed by atoms with Gasteiger partial charge in [-0.05, 0) is 50.6 Å². The molecule has 2 nitrogen and oxygen atoms in total. The average molecular weight is 247 g/mol. The minimum atomic E-state index is -0.0316. The van der Waals surface area contributed by atoms with Crippen LogP contribution < -0.4 is 0 Å². The SMILES string of the molecule is CN(CCc1ccccc1)CC1CCC(O)CC1. The highest BCUT2D eigenvalue weighted by atomic mass is 16.3. The van der Waals surface area contributed by atoms with E-state index in [2.05, 4.69) is 42.3 Å². The van der Waals surface area contributed by atoms with Crippen molar-refractivity contribution >= 4 is 0 Å². The lowest BCUT2D eigenvalue weighted by atomic mass is 9.87. The number of hydrogen-bond donors (Lipinski definition) is 1. The van der Waals surface area contributed by atoms with Crippen LogP contribution in [0.5, 0.6) is 0 Å². The summed E-state index contributed by atoms with van der Waals surface area (Å²) in [7, 11) is 2.22. The number of aliphatic hydroxyl groups is 1. The Labute approximate surface area is 111 Å². The molecule has 0 radical (unpaired) electrons. The van der Waals surface area contributed by atoms with E-state index in [0.717, 1.165) is 31.7 Å². The fourth-order valence-corrected chi connectivity index (χ4v) is 2.82. The van der Waals surface area contributed by atoms with Gasteiger partial charge in [0.1, 0.15) is 0 Å². The van der Waals surface area contributed by atoms with Crippen LogP contribution in [-0.4, -0.2) is 36.2 Å². The zero-order valence-corrected chi connectivity index (χ0v) is 11.4. The molecule has 0 saturated heterocycles. The number of rotatable bonds is 5. The van der Waals surface area contributed by atoms with Gasteiger partial charge in [-0.25, -0.2) is 0 Å². The highest BCUT2D eigenvalue weighted by molar-refractivity contribution is 5.14. The van der Waals surface area contributed by atoms with Gasteiger partial charge in [0.25, 0.3) is 0 Å². The van der Waals surface area contributed by atoms with E-state index >= 15 is 0 Å². The van der Waals surface area contributed by atoms with Crippen molar-refractivity contribution in [2.45, 2.75) is 38.2 Å². The zero-order valence-electron chi connectivity index (χ0n) is 11.4. The van der Waals surface area contributed by atoms with Crippen molar-refractivity contribution in [1.29, 1.82) is 0 Å². The molecule has 0 heterocycles. The molecule has 100 valence electrons. The highest BCUT2D eigenvalue weighted by Gasteiger charge is 2.20. The van der Waals surface area contributed by atoms with Gasteiger partial charge in [-0.3, -0.25) is 0 Å². The Bertz CT molecular complexity index is 330. The Morgan fingerprint density at radius 2 is 1.78 bits per heavy atom. The monoisotopic (exact) mass is 247 g/mol. The molecular formula is C16H25NO. The molecular weight excluding hydrogens is 222 g/mol. The maximum absolute atomic E-state index is 9.50. The fourth-order valence-electron chi connectivity index (χ4n) is 2.82. The molecule has 0 aliphatic heterocycles. The van der Waals surface area contributed by atoms with E-state index < -0.39 is 0 Å². The van der Waals surface area contributed by atoms with E-state index in [1.165, 1.54) is 24.9 Å². The number of aliphatic hydroxyl groups excluding tert-OH is 1. The second-order valence-corrected chi connectivity index (χ2v) is 5.67. The lowest BCUT2D eigenvalue weighted by Crippen LogP contribution is -2.31. The van der Waals surface area contributed by atoms with Crippen LogP contribution in [0.1, 0.15) is 31.2 Å². The predicted molar refractivity (Wildman–Crippen MR) is 75.6 cm³/mol. The first-order chi connectivity index (χ1) is 8.74. The van der Waals surface area contributed by atoms with Gasteiger partial charge in [-0.1, -0.05) is 30.3 Å². The van der Waals surface area contributed by atoms with E-state index in [4.69, 9.17) is 0 Å². The molecule has 1 saturated carbocycles. The van der Waals surface area contributed by atoms with Crippen molar-refractivity contribution in [3.63, 3.8) is 0 Å². The summed E-state index contributed by atoms with van der Waals surface area (Å²) in [5.41, 5.74) is 1.42. The van der Waals surface area contributed by atoms with Crippen LogP contribution >= 0.6 is 0 Å². The van der Waals surface area contributed by atoms with Gasteiger partial charge in [-0.15, -0.1) is 0 Å². The predicted octanol–water partition coefficient (Wildman–Crippen LogP) is 2.71. The molecule has 0 amide bonds. The third-order valence-corrected chi connectivity index (χ3v) is 4.01. The molecule has 18 heavy (non-hydrogen) atoms. The third kappa shape index (κ3) is 4.43. The zero-order chi connectivity index (χ0) is 12.8. The molecule has 0 spiro atoms. The van der Waals surface area contributed by atoms with E-state index in [9.17, 15) is 5.11 Å². The topological polar surface area (TPSA) is 23.5 Å². The van der Waals surface area contributed by atoms with Crippen LogP contribution in [0.15, 0.2) is 30.3 Å². The summed E-state index contributed by atoms with van der Waals surface area (Å²) < 4.78 is 0.